The fourth-order valence-corrected chi connectivity index (χ4v) is 4.32. The number of methoxy groups -OCH3 is 2. The number of carbonyl (C=O) groups is 3. The number of rotatable bonds is 4. The molecule has 0 aliphatic carbocycles. The first-order valence-electron chi connectivity index (χ1n) is 11.9. The lowest BCUT2D eigenvalue weighted by atomic mass is 10.0. The molecule has 0 radical (unpaired) electrons. The van der Waals surface area contributed by atoms with E-state index < -0.39 is 0 Å². The van der Waals surface area contributed by atoms with Gasteiger partial charge in [0, 0.05) is 45.8 Å². The van der Waals surface area contributed by atoms with Crippen LogP contribution >= 0.6 is 0 Å². The first kappa shape index (κ1) is 27.0. The molecule has 0 bridgehead atoms. The van der Waals surface area contributed by atoms with E-state index in [2.05, 4.69) is 5.32 Å². The van der Waals surface area contributed by atoms with Gasteiger partial charge >= 0.3 is 0 Å². The summed E-state index contributed by atoms with van der Waals surface area (Å²) in [7, 11) is 4.81. The quantitative estimate of drug-likeness (QED) is 0.696. The number of hydrogen-bond donors (Lipinski definition) is 1. The Labute approximate surface area is 212 Å². The van der Waals surface area contributed by atoms with Crippen LogP contribution in [0.1, 0.15) is 41.5 Å². The Morgan fingerprint density at radius 1 is 1.08 bits per heavy atom. The van der Waals surface area contributed by atoms with Gasteiger partial charge in [0.2, 0.25) is 5.91 Å². The van der Waals surface area contributed by atoms with E-state index in [1.54, 1.807) is 66.4 Å². The summed E-state index contributed by atoms with van der Waals surface area (Å²) in [5, 5.41) is 2.84. The van der Waals surface area contributed by atoms with Gasteiger partial charge in [0.15, 0.2) is 0 Å². The van der Waals surface area contributed by atoms with Gasteiger partial charge in [-0.1, -0.05) is 19.1 Å². The third-order valence-electron chi connectivity index (χ3n) is 6.46. The van der Waals surface area contributed by atoms with Crippen molar-refractivity contribution in [3.05, 3.63) is 53.6 Å². The Kier molecular flexibility index (Phi) is 8.93. The molecule has 3 amide bonds. The van der Waals surface area contributed by atoms with Crippen LogP contribution in [-0.4, -0.2) is 80.6 Å². The number of para-hydroxylation sites is 1. The SMILES string of the molecule is COc1ccccc1C(=O)Nc1ccc2c(c1)C(=O)N(C)C[C@H](OC)[C@H](C)CN(C(C)=O)[C@@H](C)CO2. The van der Waals surface area contributed by atoms with Crippen molar-refractivity contribution in [2.45, 2.75) is 32.9 Å². The van der Waals surface area contributed by atoms with E-state index in [0.717, 1.165) is 0 Å². The van der Waals surface area contributed by atoms with E-state index in [9.17, 15) is 14.4 Å². The Hall–Kier alpha value is -3.59. The summed E-state index contributed by atoms with van der Waals surface area (Å²) < 4.78 is 17.0. The number of carbonyl (C=O) groups excluding carboxylic acids is 3. The highest BCUT2D eigenvalue weighted by atomic mass is 16.5. The van der Waals surface area contributed by atoms with E-state index in [4.69, 9.17) is 14.2 Å². The van der Waals surface area contributed by atoms with E-state index in [0.29, 0.717) is 41.4 Å². The number of anilines is 1. The van der Waals surface area contributed by atoms with Gasteiger partial charge in [-0.3, -0.25) is 14.4 Å². The number of nitrogens with zero attached hydrogens (tertiary/aromatic N) is 2. The van der Waals surface area contributed by atoms with Crippen molar-refractivity contribution < 1.29 is 28.6 Å². The molecule has 1 N–H and O–H groups in total. The zero-order valence-corrected chi connectivity index (χ0v) is 21.7. The van der Waals surface area contributed by atoms with Crippen LogP contribution in [-0.2, 0) is 9.53 Å². The zero-order valence-electron chi connectivity index (χ0n) is 21.7. The lowest BCUT2D eigenvalue weighted by Gasteiger charge is -2.35. The number of amides is 3. The molecule has 0 unspecified atom stereocenters. The van der Waals surface area contributed by atoms with Crippen molar-refractivity contribution in [2.24, 2.45) is 5.92 Å². The van der Waals surface area contributed by atoms with Crippen LogP contribution in [0.25, 0.3) is 0 Å². The van der Waals surface area contributed by atoms with Gasteiger partial charge in [-0.25, -0.2) is 0 Å². The highest BCUT2D eigenvalue weighted by Crippen LogP contribution is 2.27. The molecule has 194 valence electrons. The van der Waals surface area contributed by atoms with E-state index in [1.807, 2.05) is 13.8 Å². The topological polar surface area (TPSA) is 97.4 Å². The molecule has 1 aliphatic rings. The van der Waals surface area contributed by atoms with Crippen LogP contribution in [0.5, 0.6) is 11.5 Å². The number of ether oxygens (including phenoxy) is 3. The average molecular weight is 498 g/mol. The lowest BCUT2D eigenvalue weighted by Crippen LogP contribution is -2.48. The predicted octanol–water partition coefficient (Wildman–Crippen LogP) is 3.30. The fraction of sp³-hybridized carbons (Fsp3) is 0.444. The van der Waals surface area contributed by atoms with Gasteiger partial charge < -0.3 is 29.3 Å². The number of hydrogen-bond acceptors (Lipinski definition) is 6. The first-order valence-corrected chi connectivity index (χ1v) is 11.9. The number of benzene rings is 2. The summed E-state index contributed by atoms with van der Waals surface area (Å²) >= 11 is 0. The molecular weight excluding hydrogens is 462 g/mol. The van der Waals surface area contributed by atoms with Gasteiger partial charge in [0.05, 0.1) is 30.4 Å². The highest BCUT2D eigenvalue weighted by molar-refractivity contribution is 6.07. The molecule has 36 heavy (non-hydrogen) atoms. The predicted molar refractivity (Wildman–Crippen MR) is 137 cm³/mol. The third-order valence-corrected chi connectivity index (χ3v) is 6.46. The van der Waals surface area contributed by atoms with Crippen LogP contribution in [0.2, 0.25) is 0 Å². The summed E-state index contributed by atoms with van der Waals surface area (Å²) in [5.41, 5.74) is 1.12. The van der Waals surface area contributed by atoms with Crippen molar-refractivity contribution in [1.82, 2.24) is 9.80 Å². The summed E-state index contributed by atoms with van der Waals surface area (Å²) in [6, 6.07) is 11.6. The molecule has 0 fully saturated rings. The molecule has 2 aromatic rings. The van der Waals surface area contributed by atoms with Gasteiger partial charge in [-0.15, -0.1) is 0 Å². The Balaban J connectivity index is 1.95. The monoisotopic (exact) mass is 497 g/mol. The minimum Gasteiger partial charge on any atom is -0.496 e. The molecule has 0 saturated carbocycles. The Bertz CT molecular complexity index is 1100. The van der Waals surface area contributed by atoms with Gasteiger partial charge in [-0.05, 0) is 37.3 Å². The van der Waals surface area contributed by atoms with Gasteiger partial charge in [0.1, 0.15) is 18.1 Å². The van der Waals surface area contributed by atoms with E-state index in [1.165, 1.54) is 14.0 Å². The van der Waals surface area contributed by atoms with Crippen molar-refractivity contribution in [2.75, 3.05) is 46.3 Å². The molecule has 3 atom stereocenters. The average Bonchev–Trinajstić information content (AvgIpc) is 2.87. The summed E-state index contributed by atoms with van der Waals surface area (Å²) in [5.74, 6) is 0.140. The second-order valence-electron chi connectivity index (χ2n) is 9.13. The van der Waals surface area contributed by atoms with Crippen LogP contribution in [0, 0.1) is 5.92 Å². The van der Waals surface area contributed by atoms with Gasteiger partial charge in [0.25, 0.3) is 11.8 Å². The van der Waals surface area contributed by atoms with Crippen molar-refractivity contribution in [3.63, 3.8) is 0 Å². The molecule has 0 saturated heterocycles. The van der Waals surface area contributed by atoms with E-state index >= 15 is 0 Å². The van der Waals surface area contributed by atoms with Crippen LogP contribution in [0.3, 0.4) is 0 Å². The maximum atomic E-state index is 13.5. The van der Waals surface area contributed by atoms with Crippen LogP contribution < -0.4 is 14.8 Å². The number of likely N-dealkylation sites (N-methyl/N-ethyl adjacent to an activating group) is 1. The Morgan fingerprint density at radius 3 is 2.47 bits per heavy atom. The smallest absolute Gasteiger partial charge is 0.259 e. The maximum Gasteiger partial charge on any atom is 0.259 e. The number of fused-ring (bicyclic) bond motifs is 1. The second-order valence-corrected chi connectivity index (χ2v) is 9.13. The Morgan fingerprint density at radius 2 is 1.81 bits per heavy atom. The molecule has 0 spiro atoms. The summed E-state index contributed by atoms with van der Waals surface area (Å²) in [6.07, 6.45) is -0.273. The molecule has 3 rings (SSSR count). The van der Waals surface area contributed by atoms with Crippen molar-refractivity contribution >= 4 is 23.4 Å². The molecule has 0 aromatic heterocycles. The molecule has 2 aromatic carbocycles. The zero-order chi connectivity index (χ0) is 26.4. The molecule has 1 heterocycles. The summed E-state index contributed by atoms with van der Waals surface area (Å²) in [4.78, 5) is 42.1. The standard InChI is InChI=1S/C27H35N3O6/c1-17-14-30(19(3)31)18(2)16-36-24-12-11-20(13-22(24)27(33)29(4)15-25(17)35-6)28-26(32)21-9-7-8-10-23(21)34-5/h7-13,17-18,25H,14-16H2,1-6H3,(H,28,32)/t17-,18+,25+/m1/s1. The minimum absolute atomic E-state index is 0.0121. The lowest BCUT2D eigenvalue weighted by molar-refractivity contribution is -0.133. The molecule has 1 aliphatic heterocycles. The largest absolute Gasteiger partial charge is 0.496 e. The first-order chi connectivity index (χ1) is 17.2. The fourth-order valence-electron chi connectivity index (χ4n) is 4.32. The van der Waals surface area contributed by atoms with Crippen LogP contribution in [0.4, 0.5) is 5.69 Å². The highest BCUT2D eigenvalue weighted by Gasteiger charge is 2.29. The van der Waals surface area contributed by atoms with Crippen molar-refractivity contribution in [1.29, 1.82) is 0 Å². The molecular formula is C27H35N3O6. The van der Waals surface area contributed by atoms with Crippen molar-refractivity contribution in [3.8, 4) is 11.5 Å². The van der Waals surface area contributed by atoms with Crippen LogP contribution in [0.15, 0.2) is 42.5 Å². The molecule has 9 heteroatoms. The maximum absolute atomic E-state index is 13.5. The normalized spacial score (nSPS) is 20.9. The van der Waals surface area contributed by atoms with E-state index in [-0.39, 0.29) is 42.4 Å². The second kappa shape index (κ2) is 11.9. The minimum atomic E-state index is -0.360. The van der Waals surface area contributed by atoms with Gasteiger partial charge in [-0.2, -0.15) is 0 Å². The third kappa shape index (κ3) is 6.15. The number of nitrogens with one attached hydrogen (secondary N) is 1. The summed E-state index contributed by atoms with van der Waals surface area (Å²) in [6.45, 7) is 6.48. The molecule has 9 nitrogen and oxygen atoms in total.